The first kappa shape index (κ1) is 11.1. The fourth-order valence-corrected chi connectivity index (χ4v) is 2.03. The van der Waals surface area contributed by atoms with Gasteiger partial charge in [-0.3, -0.25) is 0 Å². The van der Waals surface area contributed by atoms with Crippen LogP contribution in [-0.4, -0.2) is 17.2 Å². The highest BCUT2D eigenvalue weighted by Gasteiger charge is 2.09. The van der Waals surface area contributed by atoms with Crippen molar-refractivity contribution in [2.24, 2.45) is 0 Å². The van der Waals surface area contributed by atoms with E-state index in [0.29, 0.717) is 6.54 Å². The predicted octanol–water partition coefficient (Wildman–Crippen LogP) is 2.78. The Morgan fingerprint density at radius 2 is 2.31 bits per heavy atom. The van der Waals surface area contributed by atoms with Gasteiger partial charge in [-0.1, -0.05) is 5.16 Å². The van der Waals surface area contributed by atoms with Crippen LogP contribution >= 0.6 is 15.9 Å². The molecule has 0 radical (unpaired) electrons. The molecule has 2 aromatic rings. The van der Waals surface area contributed by atoms with Crippen molar-refractivity contribution in [1.29, 1.82) is 0 Å². The number of hydrogen-bond acceptors (Lipinski definition) is 4. The first-order valence-corrected chi connectivity index (χ1v) is 5.70. The van der Waals surface area contributed by atoms with Gasteiger partial charge in [0.15, 0.2) is 0 Å². The zero-order valence-corrected chi connectivity index (χ0v) is 10.7. The summed E-state index contributed by atoms with van der Waals surface area (Å²) in [7, 11) is 1.97. The van der Waals surface area contributed by atoms with E-state index in [4.69, 9.17) is 4.52 Å². The van der Waals surface area contributed by atoms with Gasteiger partial charge in [0.25, 0.3) is 0 Å². The van der Waals surface area contributed by atoms with Gasteiger partial charge in [0.2, 0.25) is 0 Å². The second kappa shape index (κ2) is 4.65. The Kier molecular flexibility index (Phi) is 3.24. The smallest absolute Gasteiger partial charge is 0.142 e. The molecule has 2 aromatic heterocycles. The maximum atomic E-state index is 5.02. The van der Waals surface area contributed by atoms with Crippen LogP contribution < -0.4 is 4.90 Å². The zero-order chi connectivity index (χ0) is 11.5. The summed E-state index contributed by atoms with van der Waals surface area (Å²) in [5.41, 5.74) is 0.901. The molecule has 0 fully saturated rings. The molecule has 0 N–H and O–H groups in total. The molecule has 2 heterocycles. The van der Waals surface area contributed by atoms with Crippen molar-refractivity contribution in [1.82, 2.24) is 10.1 Å². The number of rotatable bonds is 3. The predicted molar refractivity (Wildman–Crippen MR) is 65.3 cm³/mol. The largest absolute Gasteiger partial charge is 0.361 e. The molecule has 16 heavy (non-hydrogen) atoms. The fraction of sp³-hybridized carbons (Fsp3) is 0.273. The Bertz CT molecular complexity index is 484. The minimum absolute atomic E-state index is 0.674. The zero-order valence-electron chi connectivity index (χ0n) is 9.14. The lowest BCUT2D eigenvalue weighted by molar-refractivity contribution is 0.390. The Balaban J connectivity index is 2.14. The molecule has 0 saturated carbocycles. The average molecular weight is 282 g/mol. The molecular formula is C11H12BrN3O. The van der Waals surface area contributed by atoms with E-state index in [1.807, 2.05) is 37.1 Å². The number of halogens is 1. The molecule has 5 heteroatoms. The number of aryl methyl sites for hydroxylation is 1. The van der Waals surface area contributed by atoms with Gasteiger partial charge in [-0.2, -0.15) is 0 Å². The topological polar surface area (TPSA) is 42.2 Å². The van der Waals surface area contributed by atoms with Crippen LogP contribution in [0.15, 0.2) is 33.4 Å². The summed E-state index contributed by atoms with van der Waals surface area (Å²) in [6.07, 6.45) is 1.77. The van der Waals surface area contributed by atoms with Crippen molar-refractivity contribution in [3.05, 3.63) is 40.3 Å². The summed E-state index contributed by atoms with van der Waals surface area (Å²) in [5, 5.41) is 3.95. The highest BCUT2D eigenvalue weighted by molar-refractivity contribution is 9.10. The molecule has 0 saturated heterocycles. The van der Waals surface area contributed by atoms with Crippen LogP contribution in [0.25, 0.3) is 0 Å². The highest BCUT2D eigenvalue weighted by atomic mass is 79.9. The monoisotopic (exact) mass is 281 g/mol. The van der Waals surface area contributed by atoms with E-state index in [0.717, 1.165) is 21.7 Å². The van der Waals surface area contributed by atoms with Crippen LogP contribution in [0.3, 0.4) is 0 Å². The molecule has 0 bridgehead atoms. The van der Waals surface area contributed by atoms with Crippen molar-refractivity contribution >= 4 is 21.7 Å². The van der Waals surface area contributed by atoms with Gasteiger partial charge in [0.1, 0.15) is 17.3 Å². The van der Waals surface area contributed by atoms with E-state index >= 15 is 0 Å². The minimum atomic E-state index is 0.674. The molecule has 0 spiro atoms. The van der Waals surface area contributed by atoms with E-state index in [1.54, 1.807) is 6.20 Å². The van der Waals surface area contributed by atoms with Gasteiger partial charge in [0.05, 0.1) is 11.0 Å². The van der Waals surface area contributed by atoms with Crippen LogP contribution in [0.2, 0.25) is 0 Å². The number of hydrogen-bond donors (Lipinski definition) is 0. The third-order valence-electron chi connectivity index (χ3n) is 2.18. The van der Waals surface area contributed by atoms with Gasteiger partial charge in [-0.25, -0.2) is 4.98 Å². The van der Waals surface area contributed by atoms with Crippen LogP contribution in [0.4, 0.5) is 5.82 Å². The molecule has 0 amide bonds. The Morgan fingerprint density at radius 3 is 2.94 bits per heavy atom. The Hall–Kier alpha value is -1.36. The third kappa shape index (κ3) is 2.41. The van der Waals surface area contributed by atoms with Gasteiger partial charge >= 0.3 is 0 Å². The van der Waals surface area contributed by atoms with Crippen LogP contribution in [0.5, 0.6) is 0 Å². The second-order valence-corrected chi connectivity index (χ2v) is 4.45. The summed E-state index contributed by atoms with van der Waals surface area (Å²) < 4.78 is 5.99. The van der Waals surface area contributed by atoms with Crippen LogP contribution in [-0.2, 0) is 6.54 Å². The van der Waals surface area contributed by atoms with Crippen molar-refractivity contribution in [2.45, 2.75) is 13.5 Å². The van der Waals surface area contributed by atoms with Gasteiger partial charge in [-0.05, 0) is 35.0 Å². The maximum absolute atomic E-state index is 5.02. The normalized spacial score (nSPS) is 10.4. The lowest BCUT2D eigenvalue weighted by atomic mass is 10.3. The maximum Gasteiger partial charge on any atom is 0.142 e. The standard InChI is InChI=1S/C11H12BrN3O/c1-8-6-9(14-16-8)7-15(2)11-10(12)4-3-5-13-11/h3-6H,7H2,1-2H3. The Morgan fingerprint density at radius 1 is 1.50 bits per heavy atom. The highest BCUT2D eigenvalue weighted by Crippen LogP contribution is 2.22. The average Bonchev–Trinajstić information content (AvgIpc) is 2.64. The van der Waals surface area contributed by atoms with Crippen LogP contribution in [0.1, 0.15) is 11.5 Å². The lowest BCUT2D eigenvalue weighted by Crippen LogP contribution is -2.18. The second-order valence-electron chi connectivity index (χ2n) is 3.59. The lowest BCUT2D eigenvalue weighted by Gasteiger charge is -2.17. The third-order valence-corrected chi connectivity index (χ3v) is 2.80. The molecule has 0 aliphatic carbocycles. The summed E-state index contributed by atoms with van der Waals surface area (Å²) in [6.45, 7) is 2.56. The Labute approximate surface area is 102 Å². The number of aromatic nitrogens is 2. The molecular weight excluding hydrogens is 270 g/mol. The van der Waals surface area contributed by atoms with Crippen LogP contribution in [0, 0.1) is 6.92 Å². The molecule has 2 rings (SSSR count). The summed E-state index contributed by atoms with van der Waals surface area (Å²) >= 11 is 3.47. The van der Waals surface area contributed by atoms with Crippen molar-refractivity contribution in [3.63, 3.8) is 0 Å². The minimum Gasteiger partial charge on any atom is -0.361 e. The molecule has 4 nitrogen and oxygen atoms in total. The van der Waals surface area contributed by atoms with Gasteiger partial charge < -0.3 is 9.42 Å². The number of nitrogens with zero attached hydrogens (tertiary/aromatic N) is 3. The first-order valence-electron chi connectivity index (χ1n) is 4.90. The summed E-state index contributed by atoms with van der Waals surface area (Å²) in [6, 6.07) is 5.78. The number of pyridine rings is 1. The van der Waals surface area contributed by atoms with E-state index in [-0.39, 0.29) is 0 Å². The summed E-state index contributed by atoms with van der Waals surface area (Å²) in [4.78, 5) is 6.32. The van der Waals surface area contributed by atoms with E-state index < -0.39 is 0 Å². The van der Waals surface area contributed by atoms with Crippen molar-refractivity contribution in [2.75, 3.05) is 11.9 Å². The number of anilines is 1. The van der Waals surface area contributed by atoms with Gasteiger partial charge in [-0.15, -0.1) is 0 Å². The molecule has 84 valence electrons. The van der Waals surface area contributed by atoms with Gasteiger partial charge in [0, 0.05) is 19.3 Å². The quantitative estimate of drug-likeness (QED) is 0.868. The van der Waals surface area contributed by atoms with E-state index in [9.17, 15) is 0 Å². The fourth-order valence-electron chi connectivity index (χ4n) is 1.47. The first-order chi connectivity index (χ1) is 7.66. The molecule has 0 unspecified atom stereocenters. The summed E-state index contributed by atoms with van der Waals surface area (Å²) in [5.74, 6) is 1.71. The molecule has 0 atom stereocenters. The molecule has 0 aliphatic heterocycles. The molecule has 0 aromatic carbocycles. The van der Waals surface area contributed by atoms with Crippen molar-refractivity contribution in [3.8, 4) is 0 Å². The molecule has 0 aliphatic rings. The van der Waals surface area contributed by atoms with E-state index in [2.05, 4.69) is 26.1 Å². The van der Waals surface area contributed by atoms with Crippen molar-refractivity contribution < 1.29 is 4.52 Å². The SMILES string of the molecule is Cc1cc(CN(C)c2ncccc2Br)no1. The van der Waals surface area contributed by atoms with E-state index in [1.165, 1.54) is 0 Å².